The lowest BCUT2D eigenvalue weighted by Gasteiger charge is -2.32. The first-order valence-corrected chi connectivity index (χ1v) is 7.89. The zero-order valence-corrected chi connectivity index (χ0v) is 12.3. The van der Waals surface area contributed by atoms with Gasteiger partial charge in [0.05, 0.1) is 0 Å². The largest absolute Gasteiger partial charge is 0.327 e. The highest BCUT2D eigenvalue weighted by molar-refractivity contribution is 4.79. The minimum absolute atomic E-state index is 0.483. The second-order valence-corrected chi connectivity index (χ2v) is 6.56. The third kappa shape index (κ3) is 5.90. The molecular weight excluding hydrogens is 206 g/mol. The molecule has 0 aliphatic heterocycles. The second-order valence-electron chi connectivity index (χ2n) is 6.56. The number of hydrogen-bond acceptors (Lipinski definition) is 1. The summed E-state index contributed by atoms with van der Waals surface area (Å²) >= 11 is 0. The van der Waals surface area contributed by atoms with Crippen molar-refractivity contribution in [3.63, 3.8) is 0 Å². The van der Waals surface area contributed by atoms with Crippen LogP contribution in [0.25, 0.3) is 0 Å². The fourth-order valence-corrected chi connectivity index (χ4v) is 3.31. The monoisotopic (exact) mass is 239 g/mol. The normalized spacial score (nSPS) is 27.4. The van der Waals surface area contributed by atoms with Gasteiger partial charge in [-0.1, -0.05) is 59.3 Å². The predicted octanol–water partition coefficient (Wildman–Crippen LogP) is 4.75. The quantitative estimate of drug-likeness (QED) is 0.682. The van der Waals surface area contributed by atoms with Gasteiger partial charge in [0, 0.05) is 6.04 Å². The van der Waals surface area contributed by atoms with E-state index >= 15 is 0 Å². The molecule has 1 aliphatic rings. The smallest absolute Gasteiger partial charge is 0.00671 e. The van der Waals surface area contributed by atoms with Gasteiger partial charge in [-0.25, -0.2) is 0 Å². The molecule has 2 N–H and O–H groups in total. The lowest BCUT2D eigenvalue weighted by Crippen LogP contribution is -2.33. The Kier molecular flexibility index (Phi) is 7.18. The van der Waals surface area contributed by atoms with Crippen molar-refractivity contribution < 1.29 is 0 Å². The van der Waals surface area contributed by atoms with Gasteiger partial charge >= 0.3 is 0 Å². The fourth-order valence-electron chi connectivity index (χ4n) is 3.31. The third-order valence-electron chi connectivity index (χ3n) is 4.51. The predicted molar refractivity (Wildman–Crippen MR) is 77.0 cm³/mol. The molecule has 1 aliphatic carbocycles. The van der Waals surface area contributed by atoms with E-state index in [1.54, 1.807) is 0 Å². The summed E-state index contributed by atoms with van der Waals surface area (Å²) in [7, 11) is 0. The van der Waals surface area contributed by atoms with E-state index in [-0.39, 0.29) is 0 Å². The molecular formula is C16H33N. The van der Waals surface area contributed by atoms with Crippen molar-refractivity contribution in [3.8, 4) is 0 Å². The third-order valence-corrected chi connectivity index (χ3v) is 4.51. The first-order chi connectivity index (χ1) is 8.13. The molecule has 0 radical (unpaired) electrons. The van der Waals surface area contributed by atoms with E-state index in [2.05, 4.69) is 20.8 Å². The Morgan fingerprint density at radius 3 is 2.24 bits per heavy atom. The SMILES string of the molecule is CCCC1CCC(C(N)CCCC(C)C)CC1. The summed E-state index contributed by atoms with van der Waals surface area (Å²) in [5.74, 6) is 2.68. The van der Waals surface area contributed by atoms with Crippen LogP contribution in [0.3, 0.4) is 0 Å². The Hall–Kier alpha value is -0.0400. The highest BCUT2D eigenvalue weighted by Crippen LogP contribution is 2.33. The van der Waals surface area contributed by atoms with Gasteiger partial charge in [-0.3, -0.25) is 0 Å². The van der Waals surface area contributed by atoms with Gasteiger partial charge in [0.25, 0.3) is 0 Å². The van der Waals surface area contributed by atoms with Crippen molar-refractivity contribution in [1.82, 2.24) is 0 Å². The van der Waals surface area contributed by atoms with E-state index in [0.717, 1.165) is 17.8 Å². The molecule has 0 aromatic rings. The summed E-state index contributed by atoms with van der Waals surface area (Å²) in [4.78, 5) is 0. The van der Waals surface area contributed by atoms with Crippen LogP contribution in [0.2, 0.25) is 0 Å². The zero-order valence-electron chi connectivity index (χ0n) is 12.3. The summed E-state index contributed by atoms with van der Waals surface area (Å²) in [6.07, 6.45) is 12.4. The van der Waals surface area contributed by atoms with Gasteiger partial charge < -0.3 is 5.73 Å². The maximum atomic E-state index is 6.35. The maximum Gasteiger partial charge on any atom is 0.00671 e. The van der Waals surface area contributed by atoms with Gasteiger partial charge in [-0.2, -0.15) is 0 Å². The van der Waals surface area contributed by atoms with Crippen LogP contribution in [-0.2, 0) is 0 Å². The van der Waals surface area contributed by atoms with Crippen molar-refractivity contribution in [1.29, 1.82) is 0 Å². The molecule has 1 rings (SSSR count). The Morgan fingerprint density at radius 1 is 1.06 bits per heavy atom. The molecule has 0 heterocycles. The molecule has 1 fully saturated rings. The van der Waals surface area contributed by atoms with Crippen LogP contribution in [0.15, 0.2) is 0 Å². The van der Waals surface area contributed by atoms with Crippen molar-refractivity contribution in [3.05, 3.63) is 0 Å². The molecule has 0 saturated heterocycles. The maximum absolute atomic E-state index is 6.35. The number of nitrogens with two attached hydrogens (primary N) is 1. The summed E-state index contributed by atoms with van der Waals surface area (Å²) < 4.78 is 0. The Morgan fingerprint density at radius 2 is 1.71 bits per heavy atom. The summed E-state index contributed by atoms with van der Waals surface area (Å²) in [6.45, 7) is 6.92. The average Bonchev–Trinajstić information content (AvgIpc) is 2.30. The Bertz CT molecular complexity index is 180. The lowest BCUT2D eigenvalue weighted by atomic mass is 9.76. The molecule has 17 heavy (non-hydrogen) atoms. The van der Waals surface area contributed by atoms with Gasteiger partial charge in [-0.05, 0) is 37.0 Å². The van der Waals surface area contributed by atoms with E-state index in [1.165, 1.54) is 57.8 Å². The number of rotatable bonds is 7. The number of hydrogen-bond donors (Lipinski definition) is 1. The van der Waals surface area contributed by atoms with E-state index in [0.29, 0.717) is 6.04 Å². The highest BCUT2D eigenvalue weighted by Gasteiger charge is 2.24. The van der Waals surface area contributed by atoms with Crippen LogP contribution in [0.5, 0.6) is 0 Å². The van der Waals surface area contributed by atoms with Gasteiger partial charge in [0.15, 0.2) is 0 Å². The van der Waals surface area contributed by atoms with E-state index in [1.807, 2.05) is 0 Å². The second kappa shape index (κ2) is 8.13. The molecule has 102 valence electrons. The standard InChI is InChI=1S/C16H33N/c1-4-6-14-9-11-15(12-10-14)16(17)8-5-7-13(2)3/h13-16H,4-12,17H2,1-3H3. The van der Waals surface area contributed by atoms with Crippen LogP contribution >= 0.6 is 0 Å². The molecule has 0 amide bonds. The fraction of sp³-hybridized carbons (Fsp3) is 1.00. The molecule has 0 bridgehead atoms. The van der Waals surface area contributed by atoms with Crippen LogP contribution in [0.4, 0.5) is 0 Å². The summed E-state index contributed by atoms with van der Waals surface area (Å²) in [5, 5.41) is 0. The topological polar surface area (TPSA) is 26.0 Å². The van der Waals surface area contributed by atoms with Gasteiger partial charge in [0.2, 0.25) is 0 Å². The first-order valence-electron chi connectivity index (χ1n) is 7.89. The molecule has 1 atom stereocenters. The molecule has 1 unspecified atom stereocenters. The summed E-state index contributed by atoms with van der Waals surface area (Å²) in [6, 6.07) is 0.483. The van der Waals surface area contributed by atoms with Crippen molar-refractivity contribution in [2.24, 2.45) is 23.5 Å². The van der Waals surface area contributed by atoms with Crippen LogP contribution in [-0.4, -0.2) is 6.04 Å². The minimum Gasteiger partial charge on any atom is -0.327 e. The molecule has 0 spiro atoms. The highest BCUT2D eigenvalue weighted by atomic mass is 14.6. The Labute approximate surface area is 109 Å². The van der Waals surface area contributed by atoms with Crippen LogP contribution in [0.1, 0.15) is 78.6 Å². The van der Waals surface area contributed by atoms with Crippen molar-refractivity contribution in [2.75, 3.05) is 0 Å². The van der Waals surface area contributed by atoms with Gasteiger partial charge in [0.1, 0.15) is 0 Å². The molecule has 1 heteroatoms. The average molecular weight is 239 g/mol. The lowest BCUT2D eigenvalue weighted by molar-refractivity contribution is 0.225. The zero-order chi connectivity index (χ0) is 12.7. The molecule has 0 aromatic heterocycles. The van der Waals surface area contributed by atoms with Crippen molar-refractivity contribution >= 4 is 0 Å². The van der Waals surface area contributed by atoms with E-state index < -0.39 is 0 Å². The molecule has 0 aromatic carbocycles. The first kappa shape index (κ1) is 15.0. The van der Waals surface area contributed by atoms with Crippen LogP contribution in [0, 0.1) is 17.8 Å². The van der Waals surface area contributed by atoms with Crippen molar-refractivity contribution in [2.45, 2.75) is 84.6 Å². The molecule has 1 saturated carbocycles. The van der Waals surface area contributed by atoms with Crippen LogP contribution < -0.4 is 5.73 Å². The molecule has 1 nitrogen and oxygen atoms in total. The van der Waals surface area contributed by atoms with E-state index in [4.69, 9.17) is 5.73 Å². The summed E-state index contributed by atoms with van der Waals surface area (Å²) in [5.41, 5.74) is 6.35. The Balaban J connectivity index is 2.14. The van der Waals surface area contributed by atoms with E-state index in [9.17, 15) is 0 Å². The van der Waals surface area contributed by atoms with Gasteiger partial charge in [-0.15, -0.1) is 0 Å². The minimum atomic E-state index is 0.483.